The molecule has 1 aromatic rings. The standard InChI is InChI=1S/C16H22N2/c1-12(2)14-6-8-15(9-7-14)16(10-11-17)5-4-13(3)18/h6-9,11,16-18H,1,4-5,10H2,2-3H3. The van der Waals surface area contributed by atoms with Crippen molar-refractivity contribution in [2.45, 2.75) is 39.0 Å². The van der Waals surface area contributed by atoms with Crippen molar-refractivity contribution < 1.29 is 0 Å². The Balaban J connectivity index is 2.81. The van der Waals surface area contributed by atoms with E-state index in [4.69, 9.17) is 10.8 Å². The Morgan fingerprint density at radius 1 is 1.28 bits per heavy atom. The van der Waals surface area contributed by atoms with Gasteiger partial charge in [-0.15, -0.1) is 0 Å². The third-order valence-electron chi connectivity index (χ3n) is 3.15. The molecule has 18 heavy (non-hydrogen) atoms. The summed E-state index contributed by atoms with van der Waals surface area (Å²) in [4.78, 5) is 0. The van der Waals surface area contributed by atoms with Crippen LogP contribution in [0.15, 0.2) is 30.8 Å². The fourth-order valence-corrected chi connectivity index (χ4v) is 1.99. The number of hydrogen-bond donors (Lipinski definition) is 2. The van der Waals surface area contributed by atoms with E-state index in [1.807, 2.05) is 13.8 Å². The molecule has 0 aliphatic carbocycles. The van der Waals surface area contributed by atoms with Gasteiger partial charge in [0.15, 0.2) is 0 Å². The van der Waals surface area contributed by atoms with Crippen LogP contribution in [0.3, 0.4) is 0 Å². The van der Waals surface area contributed by atoms with Gasteiger partial charge in [-0.2, -0.15) is 0 Å². The first kappa shape index (κ1) is 14.4. The lowest BCUT2D eigenvalue weighted by Gasteiger charge is -2.15. The van der Waals surface area contributed by atoms with Gasteiger partial charge in [0.2, 0.25) is 0 Å². The van der Waals surface area contributed by atoms with Gasteiger partial charge >= 0.3 is 0 Å². The number of nitrogens with one attached hydrogen (secondary N) is 2. The fourth-order valence-electron chi connectivity index (χ4n) is 1.99. The van der Waals surface area contributed by atoms with Crippen molar-refractivity contribution >= 4 is 17.5 Å². The van der Waals surface area contributed by atoms with Crippen molar-refractivity contribution in [2.24, 2.45) is 0 Å². The molecular formula is C16H22N2. The zero-order valence-electron chi connectivity index (χ0n) is 11.3. The first-order valence-corrected chi connectivity index (χ1v) is 6.33. The Labute approximate surface area is 110 Å². The van der Waals surface area contributed by atoms with Crippen molar-refractivity contribution in [3.8, 4) is 0 Å². The summed E-state index contributed by atoms with van der Waals surface area (Å²) in [5.41, 5.74) is 4.20. The molecule has 0 fully saturated rings. The van der Waals surface area contributed by atoms with Crippen LogP contribution in [0.5, 0.6) is 0 Å². The third-order valence-corrected chi connectivity index (χ3v) is 3.15. The van der Waals surface area contributed by atoms with Crippen molar-refractivity contribution in [3.63, 3.8) is 0 Å². The molecule has 2 heteroatoms. The quantitative estimate of drug-likeness (QED) is 0.653. The molecule has 0 saturated heterocycles. The van der Waals surface area contributed by atoms with Crippen LogP contribution in [0.2, 0.25) is 0 Å². The minimum atomic E-state index is 0.349. The second kappa shape index (κ2) is 6.90. The second-order valence-corrected chi connectivity index (χ2v) is 4.86. The smallest absolute Gasteiger partial charge is 0.00584 e. The molecular weight excluding hydrogens is 220 g/mol. The summed E-state index contributed by atoms with van der Waals surface area (Å²) in [6, 6.07) is 8.42. The van der Waals surface area contributed by atoms with Crippen LogP contribution < -0.4 is 0 Å². The molecule has 0 heterocycles. The van der Waals surface area contributed by atoms with Gasteiger partial charge in [-0.25, -0.2) is 0 Å². The van der Waals surface area contributed by atoms with Crippen LogP contribution in [0.1, 0.15) is 50.2 Å². The summed E-state index contributed by atoms with van der Waals surface area (Å²) in [6.07, 6.45) is 3.97. The van der Waals surface area contributed by atoms with E-state index in [1.165, 1.54) is 11.8 Å². The van der Waals surface area contributed by atoms with Crippen LogP contribution in [0.4, 0.5) is 0 Å². The SMILES string of the molecule is C=C(C)c1ccc(C(CC=N)CCC(C)=N)cc1. The maximum absolute atomic E-state index is 7.50. The van der Waals surface area contributed by atoms with Gasteiger partial charge < -0.3 is 10.8 Å². The number of benzene rings is 1. The van der Waals surface area contributed by atoms with Crippen molar-refractivity contribution in [3.05, 3.63) is 42.0 Å². The molecule has 0 aliphatic heterocycles. The molecule has 1 unspecified atom stereocenters. The van der Waals surface area contributed by atoms with E-state index < -0.39 is 0 Å². The van der Waals surface area contributed by atoms with Gasteiger partial charge in [0.05, 0.1) is 0 Å². The molecule has 2 N–H and O–H groups in total. The lowest BCUT2D eigenvalue weighted by atomic mass is 9.90. The van der Waals surface area contributed by atoms with E-state index in [0.717, 1.165) is 30.4 Å². The fraction of sp³-hybridized carbons (Fsp3) is 0.375. The molecule has 0 saturated carbocycles. The highest BCUT2D eigenvalue weighted by Crippen LogP contribution is 2.25. The van der Waals surface area contributed by atoms with Crippen LogP contribution in [-0.4, -0.2) is 11.9 Å². The second-order valence-electron chi connectivity index (χ2n) is 4.86. The Morgan fingerprint density at radius 2 is 1.89 bits per heavy atom. The Kier molecular flexibility index (Phi) is 5.50. The largest absolute Gasteiger partial charge is 0.313 e. The molecule has 0 aromatic heterocycles. The predicted molar refractivity (Wildman–Crippen MR) is 79.9 cm³/mol. The average Bonchev–Trinajstić information content (AvgIpc) is 2.34. The molecule has 1 atom stereocenters. The Morgan fingerprint density at radius 3 is 2.33 bits per heavy atom. The lowest BCUT2D eigenvalue weighted by Crippen LogP contribution is -2.02. The van der Waals surface area contributed by atoms with Crippen molar-refractivity contribution in [2.75, 3.05) is 0 Å². The van der Waals surface area contributed by atoms with E-state index >= 15 is 0 Å². The van der Waals surface area contributed by atoms with Gasteiger partial charge in [0.1, 0.15) is 0 Å². The topological polar surface area (TPSA) is 47.7 Å². The number of hydrogen-bond acceptors (Lipinski definition) is 2. The molecule has 0 radical (unpaired) electrons. The number of allylic oxidation sites excluding steroid dienone is 1. The summed E-state index contributed by atoms with van der Waals surface area (Å²) in [5.74, 6) is 0.349. The monoisotopic (exact) mass is 242 g/mol. The van der Waals surface area contributed by atoms with Crippen LogP contribution >= 0.6 is 0 Å². The maximum atomic E-state index is 7.50. The van der Waals surface area contributed by atoms with E-state index in [1.54, 1.807) is 0 Å². The summed E-state index contributed by atoms with van der Waals surface area (Å²) < 4.78 is 0. The van der Waals surface area contributed by atoms with Crippen molar-refractivity contribution in [1.82, 2.24) is 0 Å². The van der Waals surface area contributed by atoms with Gasteiger partial charge in [-0.3, -0.25) is 0 Å². The summed E-state index contributed by atoms with van der Waals surface area (Å²) in [5, 5.41) is 14.8. The predicted octanol–water partition coefficient (Wildman–Crippen LogP) is 4.66. The van der Waals surface area contributed by atoms with Gasteiger partial charge in [0, 0.05) is 5.71 Å². The molecule has 2 nitrogen and oxygen atoms in total. The zero-order valence-corrected chi connectivity index (χ0v) is 11.3. The van der Waals surface area contributed by atoms with Crippen LogP contribution in [0.25, 0.3) is 5.57 Å². The molecule has 0 amide bonds. The minimum Gasteiger partial charge on any atom is -0.313 e. The van der Waals surface area contributed by atoms with Gasteiger partial charge in [0.25, 0.3) is 0 Å². The zero-order chi connectivity index (χ0) is 13.5. The summed E-state index contributed by atoms with van der Waals surface area (Å²) >= 11 is 0. The Hall–Kier alpha value is -1.70. The lowest BCUT2D eigenvalue weighted by molar-refractivity contribution is 0.668. The van der Waals surface area contributed by atoms with E-state index in [-0.39, 0.29) is 0 Å². The van der Waals surface area contributed by atoms with E-state index in [0.29, 0.717) is 11.6 Å². The van der Waals surface area contributed by atoms with E-state index in [9.17, 15) is 0 Å². The van der Waals surface area contributed by atoms with Gasteiger partial charge in [-0.1, -0.05) is 36.4 Å². The minimum absolute atomic E-state index is 0.349. The molecule has 1 aromatic carbocycles. The number of rotatable bonds is 7. The molecule has 0 spiro atoms. The highest BCUT2D eigenvalue weighted by atomic mass is 14.4. The highest BCUT2D eigenvalue weighted by Gasteiger charge is 2.10. The average molecular weight is 242 g/mol. The normalized spacial score (nSPS) is 11.9. The molecule has 0 bridgehead atoms. The Bertz CT molecular complexity index is 429. The summed E-state index contributed by atoms with van der Waals surface area (Å²) in [7, 11) is 0. The first-order chi connectivity index (χ1) is 8.54. The van der Waals surface area contributed by atoms with Crippen molar-refractivity contribution in [1.29, 1.82) is 10.8 Å². The van der Waals surface area contributed by atoms with Gasteiger partial charge in [-0.05, 0) is 56.4 Å². The molecule has 1 rings (SSSR count). The summed E-state index contributed by atoms with van der Waals surface area (Å²) in [6.45, 7) is 7.77. The molecule has 0 aliphatic rings. The third kappa shape index (κ3) is 4.28. The van der Waals surface area contributed by atoms with Crippen LogP contribution in [0, 0.1) is 10.8 Å². The van der Waals surface area contributed by atoms with Crippen LogP contribution in [-0.2, 0) is 0 Å². The van der Waals surface area contributed by atoms with E-state index in [2.05, 4.69) is 30.8 Å². The maximum Gasteiger partial charge on any atom is 0.00584 e. The molecule has 96 valence electrons. The first-order valence-electron chi connectivity index (χ1n) is 6.33. The highest BCUT2D eigenvalue weighted by molar-refractivity contribution is 5.78.